The van der Waals surface area contributed by atoms with E-state index in [1.54, 1.807) is 13.2 Å². The highest BCUT2D eigenvalue weighted by Gasteiger charge is 2.14. The molecule has 21 heavy (non-hydrogen) atoms. The SMILES string of the molecule is COc1ccc([N+](=O)[O-])cc1NC(C)c1cccc(C)c1. The summed E-state index contributed by atoms with van der Waals surface area (Å²) >= 11 is 0. The van der Waals surface area contributed by atoms with Gasteiger partial charge in [-0.2, -0.15) is 0 Å². The number of nitro benzene ring substituents is 1. The summed E-state index contributed by atoms with van der Waals surface area (Å²) in [7, 11) is 1.55. The first kappa shape index (κ1) is 14.8. The summed E-state index contributed by atoms with van der Waals surface area (Å²) in [6, 6.07) is 12.7. The van der Waals surface area contributed by atoms with Crippen LogP contribution in [0.3, 0.4) is 0 Å². The topological polar surface area (TPSA) is 64.4 Å². The van der Waals surface area contributed by atoms with E-state index in [-0.39, 0.29) is 11.7 Å². The second kappa shape index (κ2) is 6.26. The maximum absolute atomic E-state index is 10.9. The number of aryl methyl sites for hydroxylation is 1. The summed E-state index contributed by atoms with van der Waals surface area (Å²) in [5.41, 5.74) is 2.94. The first-order chi connectivity index (χ1) is 10.0. The number of hydrogen-bond acceptors (Lipinski definition) is 4. The Morgan fingerprint density at radius 2 is 2.00 bits per heavy atom. The third kappa shape index (κ3) is 3.51. The Balaban J connectivity index is 2.29. The molecule has 110 valence electrons. The highest BCUT2D eigenvalue weighted by atomic mass is 16.6. The van der Waals surface area contributed by atoms with Crippen LogP contribution in [0.5, 0.6) is 5.75 Å². The molecule has 0 radical (unpaired) electrons. The number of rotatable bonds is 5. The van der Waals surface area contributed by atoms with E-state index in [9.17, 15) is 10.1 Å². The first-order valence-electron chi connectivity index (χ1n) is 6.67. The molecule has 0 aliphatic rings. The van der Waals surface area contributed by atoms with E-state index >= 15 is 0 Å². The standard InChI is InChI=1S/C16H18N2O3/c1-11-5-4-6-13(9-11)12(2)17-15-10-14(18(19)20)7-8-16(15)21-3/h4-10,12,17H,1-3H3. The molecule has 0 heterocycles. The molecule has 5 nitrogen and oxygen atoms in total. The van der Waals surface area contributed by atoms with Gasteiger partial charge in [0.25, 0.3) is 5.69 Å². The van der Waals surface area contributed by atoms with Crippen LogP contribution in [-0.4, -0.2) is 12.0 Å². The molecule has 2 aromatic carbocycles. The summed E-state index contributed by atoms with van der Waals surface area (Å²) in [5.74, 6) is 0.583. The van der Waals surface area contributed by atoms with E-state index in [0.717, 1.165) is 5.56 Å². The van der Waals surface area contributed by atoms with Gasteiger partial charge in [-0.25, -0.2) is 0 Å². The second-order valence-corrected chi connectivity index (χ2v) is 4.92. The fraction of sp³-hybridized carbons (Fsp3) is 0.250. The third-order valence-electron chi connectivity index (χ3n) is 3.31. The number of nitro groups is 1. The van der Waals surface area contributed by atoms with Crippen LogP contribution in [0.4, 0.5) is 11.4 Å². The molecule has 2 rings (SSSR count). The van der Waals surface area contributed by atoms with Crippen molar-refractivity contribution in [1.82, 2.24) is 0 Å². The van der Waals surface area contributed by atoms with Gasteiger partial charge in [0.15, 0.2) is 0 Å². The van der Waals surface area contributed by atoms with Crippen molar-refractivity contribution in [2.24, 2.45) is 0 Å². The molecule has 0 fully saturated rings. The number of nitrogens with zero attached hydrogens (tertiary/aromatic N) is 1. The van der Waals surface area contributed by atoms with Crippen molar-refractivity contribution in [2.45, 2.75) is 19.9 Å². The number of hydrogen-bond donors (Lipinski definition) is 1. The lowest BCUT2D eigenvalue weighted by Gasteiger charge is -2.18. The van der Waals surface area contributed by atoms with Crippen LogP contribution in [-0.2, 0) is 0 Å². The Hall–Kier alpha value is -2.56. The second-order valence-electron chi connectivity index (χ2n) is 4.92. The smallest absolute Gasteiger partial charge is 0.271 e. The van der Waals surface area contributed by atoms with Crippen molar-refractivity contribution in [1.29, 1.82) is 0 Å². The zero-order chi connectivity index (χ0) is 15.4. The lowest BCUT2D eigenvalue weighted by Crippen LogP contribution is -2.08. The molecule has 2 aromatic rings. The summed E-state index contributed by atoms with van der Waals surface area (Å²) < 4.78 is 5.26. The van der Waals surface area contributed by atoms with Gasteiger partial charge in [-0.15, -0.1) is 0 Å². The summed E-state index contributed by atoms with van der Waals surface area (Å²) in [6.45, 7) is 4.04. The molecular weight excluding hydrogens is 268 g/mol. The maximum atomic E-state index is 10.9. The van der Waals surface area contributed by atoms with Crippen LogP contribution < -0.4 is 10.1 Å². The predicted molar refractivity (Wildman–Crippen MR) is 82.9 cm³/mol. The monoisotopic (exact) mass is 286 g/mol. The van der Waals surface area contributed by atoms with Crippen LogP contribution in [0, 0.1) is 17.0 Å². The molecule has 0 aliphatic carbocycles. The zero-order valence-corrected chi connectivity index (χ0v) is 12.3. The van der Waals surface area contributed by atoms with Gasteiger partial charge in [0.05, 0.1) is 17.7 Å². The quantitative estimate of drug-likeness (QED) is 0.664. The average molecular weight is 286 g/mol. The Morgan fingerprint density at radius 3 is 2.62 bits per heavy atom. The molecule has 0 amide bonds. The zero-order valence-electron chi connectivity index (χ0n) is 12.3. The molecule has 0 saturated carbocycles. The van der Waals surface area contributed by atoms with Crippen molar-refractivity contribution in [3.63, 3.8) is 0 Å². The van der Waals surface area contributed by atoms with Crippen LogP contribution in [0.2, 0.25) is 0 Å². The van der Waals surface area contributed by atoms with E-state index in [4.69, 9.17) is 4.74 Å². The van der Waals surface area contributed by atoms with Crippen molar-refractivity contribution in [3.05, 3.63) is 63.7 Å². The number of benzene rings is 2. The molecule has 0 saturated heterocycles. The van der Waals surface area contributed by atoms with Gasteiger partial charge >= 0.3 is 0 Å². The Kier molecular flexibility index (Phi) is 4.42. The van der Waals surface area contributed by atoms with Crippen LogP contribution in [0.25, 0.3) is 0 Å². The number of nitrogens with one attached hydrogen (secondary N) is 1. The number of ether oxygens (including phenoxy) is 1. The lowest BCUT2D eigenvalue weighted by atomic mass is 10.1. The summed E-state index contributed by atoms with van der Waals surface area (Å²) in [5, 5.41) is 14.2. The van der Waals surface area contributed by atoms with Crippen molar-refractivity contribution >= 4 is 11.4 Å². The average Bonchev–Trinajstić information content (AvgIpc) is 2.47. The molecule has 1 unspecified atom stereocenters. The van der Waals surface area contributed by atoms with Crippen molar-refractivity contribution in [3.8, 4) is 5.75 Å². The minimum atomic E-state index is -0.415. The summed E-state index contributed by atoms with van der Waals surface area (Å²) in [4.78, 5) is 10.5. The Labute approximate surface area is 123 Å². The molecule has 0 bridgehead atoms. The minimum absolute atomic E-state index is 0.0146. The minimum Gasteiger partial charge on any atom is -0.495 e. The summed E-state index contributed by atoms with van der Waals surface area (Å²) in [6.07, 6.45) is 0. The number of anilines is 1. The molecule has 0 spiro atoms. The fourth-order valence-corrected chi connectivity index (χ4v) is 2.18. The molecule has 5 heteroatoms. The first-order valence-corrected chi connectivity index (χ1v) is 6.67. The van der Waals surface area contributed by atoms with E-state index in [1.165, 1.54) is 17.7 Å². The van der Waals surface area contributed by atoms with Gasteiger partial charge in [-0.1, -0.05) is 29.8 Å². The normalized spacial score (nSPS) is 11.8. The van der Waals surface area contributed by atoms with Gasteiger partial charge in [-0.05, 0) is 25.5 Å². The van der Waals surface area contributed by atoms with Gasteiger partial charge in [0.2, 0.25) is 0 Å². The molecule has 1 N–H and O–H groups in total. The van der Waals surface area contributed by atoms with Gasteiger partial charge < -0.3 is 10.1 Å². The lowest BCUT2D eigenvalue weighted by molar-refractivity contribution is -0.384. The molecular formula is C16H18N2O3. The number of non-ortho nitro benzene ring substituents is 1. The number of methoxy groups -OCH3 is 1. The predicted octanol–water partition coefficient (Wildman–Crippen LogP) is 4.08. The molecule has 1 atom stereocenters. The van der Waals surface area contributed by atoms with Crippen LogP contribution >= 0.6 is 0 Å². The van der Waals surface area contributed by atoms with Gasteiger partial charge in [0, 0.05) is 18.2 Å². The van der Waals surface area contributed by atoms with E-state index < -0.39 is 4.92 Å². The molecule has 0 aliphatic heterocycles. The maximum Gasteiger partial charge on any atom is 0.271 e. The van der Waals surface area contributed by atoms with E-state index in [2.05, 4.69) is 11.4 Å². The van der Waals surface area contributed by atoms with Crippen LogP contribution in [0.1, 0.15) is 24.1 Å². The van der Waals surface area contributed by atoms with E-state index in [0.29, 0.717) is 11.4 Å². The van der Waals surface area contributed by atoms with Crippen molar-refractivity contribution in [2.75, 3.05) is 12.4 Å². The Bertz CT molecular complexity index is 656. The fourth-order valence-electron chi connectivity index (χ4n) is 2.18. The van der Waals surface area contributed by atoms with Crippen molar-refractivity contribution < 1.29 is 9.66 Å². The van der Waals surface area contributed by atoms with Gasteiger partial charge in [0.1, 0.15) is 5.75 Å². The molecule has 0 aromatic heterocycles. The van der Waals surface area contributed by atoms with Crippen LogP contribution in [0.15, 0.2) is 42.5 Å². The third-order valence-corrected chi connectivity index (χ3v) is 3.31. The highest BCUT2D eigenvalue weighted by molar-refractivity contribution is 5.62. The highest BCUT2D eigenvalue weighted by Crippen LogP contribution is 2.31. The van der Waals surface area contributed by atoms with Gasteiger partial charge in [-0.3, -0.25) is 10.1 Å². The van der Waals surface area contributed by atoms with E-state index in [1.807, 2.05) is 32.0 Å². The largest absolute Gasteiger partial charge is 0.495 e. The Morgan fingerprint density at radius 1 is 1.24 bits per heavy atom.